The number of ether oxygens (including phenoxy) is 1. The van der Waals surface area contributed by atoms with Crippen LogP contribution in [0.1, 0.15) is 37.9 Å². The van der Waals surface area contributed by atoms with Gasteiger partial charge in [0, 0.05) is 22.9 Å². The molecule has 1 aromatic heterocycles. The Labute approximate surface area is 243 Å². The number of carbonyl (C=O) groups is 2. The van der Waals surface area contributed by atoms with Crippen molar-refractivity contribution in [3.8, 4) is 28.8 Å². The molecule has 1 aliphatic heterocycles. The zero-order valence-electron chi connectivity index (χ0n) is 22.8. The Kier molecular flexibility index (Phi) is 7.86. The first-order valence-corrected chi connectivity index (χ1v) is 13.6. The van der Waals surface area contributed by atoms with Gasteiger partial charge in [-0.15, -0.1) is 0 Å². The van der Waals surface area contributed by atoms with E-state index in [0.29, 0.717) is 34.2 Å². The van der Waals surface area contributed by atoms with Crippen LogP contribution in [0.25, 0.3) is 23.0 Å². The first-order chi connectivity index (χ1) is 19.8. The van der Waals surface area contributed by atoms with Crippen LogP contribution >= 0.6 is 11.6 Å². The van der Waals surface area contributed by atoms with Crippen molar-refractivity contribution in [1.29, 1.82) is 5.26 Å². The van der Waals surface area contributed by atoms with E-state index in [9.17, 15) is 14.9 Å². The van der Waals surface area contributed by atoms with Crippen LogP contribution in [0, 0.1) is 11.3 Å². The lowest BCUT2D eigenvalue weighted by molar-refractivity contribution is -0.143. The van der Waals surface area contributed by atoms with Crippen molar-refractivity contribution in [2.75, 3.05) is 6.61 Å². The lowest BCUT2D eigenvalue weighted by Gasteiger charge is -2.32. The molecule has 2 amide bonds. The second-order valence-electron chi connectivity index (χ2n) is 9.53. The number of halogens is 1. The third-order valence-electron chi connectivity index (χ3n) is 7.01. The number of imide groups is 1. The highest BCUT2D eigenvalue weighted by molar-refractivity contribution is 6.32. The van der Waals surface area contributed by atoms with Gasteiger partial charge in [0.15, 0.2) is 0 Å². The first kappa shape index (κ1) is 27.6. The highest BCUT2D eigenvalue weighted by atomic mass is 35.5. The molecule has 3 aromatic carbocycles. The highest BCUT2D eigenvalue weighted by Crippen LogP contribution is 2.36. The van der Waals surface area contributed by atoms with E-state index in [1.54, 1.807) is 36.7 Å². The number of hydrogen-bond donors (Lipinski definition) is 0. The zero-order valence-corrected chi connectivity index (χ0v) is 23.6. The van der Waals surface area contributed by atoms with Crippen molar-refractivity contribution >= 4 is 29.5 Å². The van der Waals surface area contributed by atoms with E-state index in [1.165, 1.54) is 0 Å². The van der Waals surface area contributed by atoms with Gasteiger partial charge in [-0.05, 0) is 68.3 Å². The topological polar surface area (TPSA) is 88.2 Å². The summed E-state index contributed by atoms with van der Waals surface area (Å²) in [4.78, 5) is 28.5. The molecule has 7 nitrogen and oxygen atoms in total. The normalized spacial score (nSPS) is 15.3. The van der Waals surface area contributed by atoms with E-state index < -0.39 is 17.9 Å². The van der Waals surface area contributed by atoms with Crippen LogP contribution in [0.2, 0.25) is 5.02 Å². The summed E-state index contributed by atoms with van der Waals surface area (Å²) in [5, 5.41) is 15.2. The minimum Gasteiger partial charge on any atom is -0.492 e. The number of rotatable bonds is 7. The fraction of sp³-hybridized carbons (Fsp3) is 0.152. The van der Waals surface area contributed by atoms with Gasteiger partial charge in [-0.25, -0.2) is 4.68 Å². The maximum absolute atomic E-state index is 14.0. The van der Waals surface area contributed by atoms with Gasteiger partial charge in [0.2, 0.25) is 0 Å². The second-order valence-corrected chi connectivity index (χ2v) is 9.94. The van der Waals surface area contributed by atoms with Gasteiger partial charge in [-0.1, -0.05) is 60.1 Å². The fourth-order valence-corrected chi connectivity index (χ4v) is 5.07. The first-order valence-electron chi connectivity index (χ1n) is 13.2. The molecule has 0 spiro atoms. The number of aromatic nitrogens is 2. The predicted molar refractivity (Wildman–Crippen MR) is 158 cm³/mol. The summed E-state index contributed by atoms with van der Waals surface area (Å²) in [6.45, 7) is 5.76. The Morgan fingerprint density at radius 1 is 1.02 bits per heavy atom. The molecule has 1 unspecified atom stereocenters. The monoisotopic (exact) mass is 562 g/mol. The van der Waals surface area contributed by atoms with Crippen molar-refractivity contribution in [2.45, 2.75) is 26.8 Å². The van der Waals surface area contributed by atoms with E-state index in [4.69, 9.17) is 21.4 Å². The third-order valence-corrected chi connectivity index (χ3v) is 7.31. The summed E-state index contributed by atoms with van der Waals surface area (Å²) in [6, 6.07) is 25.7. The van der Waals surface area contributed by atoms with E-state index >= 15 is 0 Å². The summed E-state index contributed by atoms with van der Waals surface area (Å²) < 4.78 is 7.32. The molecule has 0 radical (unpaired) electrons. The smallest absolute Gasteiger partial charge is 0.272 e. The average molecular weight is 563 g/mol. The van der Waals surface area contributed by atoms with Gasteiger partial charge in [-0.3, -0.25) is 14.5 Å². The maximum atomic E-state index is 14.0. The molecular formula is C33H27ClN4O3. The molecule has 204 valence electrons. The molecule has 0 saturated heterocycles. The van der Waals surface area contributed by atoms with Crippen molar-refractivity contribution < 1.29 is 14.3 Å². The summed E-state index contributed by atoms with van der Waals surface area (Å²) in [6.07, 6.45) is 3.51. The van der Waals surface area contributed by atoms with E-state index in [2.05, 4.69) is 0 Å². The number of benzene rings is 3. The number of nitrogens with zero attached hydrogens (tertiary/aromatic N) is 4. The van der Waals surface area contributed by atoms with E-state index in [1.807, 2.05) is 85.9 Å². The molecule has 0 saturated carbocycles. The summed E-state index contributed by atoms with van der Waals surface area (Å²) in [7, 11) is 0. The van der Waals surface area contributed by atoms with Crippen LogP contribution in [0.3, 0.4) is 0 Å². The Morgan fingerprint density at radius 3 is 2.34 bits per heavy atom. The molecule has 1 atom stereocenters. The molecule has 41 heavy (non-hydrogen) atoms. The molecule has 0 aliphatic carbocycles. The summed E-state index contributed by atoms with van der Waals surface area (Å²) in [5.41, 5.74) is 4.02. The number of amides is 2. The van der Waals surface area contributed by atoms with Crippen LogP contribution in [0.5, 0.6) is 5.75 Å². The van der Waals surface area contributed by atoms with Gasteiger partial charge in [0.05, 0.1) is 23.4 Å². The average Bonchev–Trinajstić information content (AvgIpc) is 3.41. The van der Waals surface area contributed by atoms with Gasteiger partial charge in [0.25, 0.3) is 11.8 Å². The molecule has 1 aliphatic rings. The number of para-hydroxylation sites is 1. The number of carbonyl (C=O) groups excluding carboxylic acids is 2. The molecule has 0 N–H and O–H groups in total. The molecule has 4 aromatic rings. The minimum atomic E-state index is -0.609. The predicted octanol–water partition coefficient (Wildman–Crippen LogP) is 6.94. The SMILES string of the molecule is CCOc1ccc(-c2nn(-c3ccccc3)cc2/C=C2/C(=O)N(C(C)c3ccccc3)C(=O)C(C#N)=C2C)cc1Cl. The van der Waals surface area contributed by atoms with Crippen LogP contribution in [-0.2, 0) is 9.59 Å². The van der Waals surface area contributed by atoms with E-state index in [-0.39, 0.29) is 11.1 Å². The van der Waals surface area contributed by atoms with Crippen molar-refractivity contribution in [2.24, 2.45) is 0 Å². The lowest BCUT2D eigenvalue weighted by Crippen LogP contribution is -2.44. The van der Waals surface area contributed by atoms with Gasteiger partial charge < -0.3 is 4.74 Å². The number of hydrogen-bond acceptors (Lipinski definition) is 5. The molecule has 0 bridgehead atoms. The van der Waals surface area contributed by atoms with Crippen molar-refractivity contribution in [1.82, 2.24) is 14.7 Å². The van der Waals surface area contributed by atoms with Gasteiger partial charge in [-0.2, -0.15) is 10.4 Å². The third kappa shape index (κ3) is 5.30. The summed E-state index contributed by atoms with van der Waals surface area (Å²) >= 11 is 6.52. The van der Waals surface area contributed by atoms with Crippen LogP contribution < -0.4 is 4.74 Å². The van der Waals surface area contributed by atoms with Gasteiger partial charge >= 0.3 is 0 Å². The quantitative estimate of drug-likeness (QED) is 0.180. The fourth-order valence-electron chi connectivity index (χ4n) is 4.84. The van der Waals surface area contributed by atoms with Crippen molar-refractivity contribution in [3.05, 3.63) is 118 Å². The van der Waals surface area contributed by atoms with Crippen LogP contribution in [0.4, 0.5) is 0 Å². The van der Waals surface area contributed by atoms with Crippen LogP contribution in [-0.4, -0.2) is 33.1 Å². The van der Waals surface area contributed by atoms with Crippen LogP contribution in [0.15, 0.2) is 102 Å². The molecule has 8 heteroatoms. The zero-order chi connectivity index (χ0) is 29.1. The summed E-state index contributed by atoms with van der Waals surface area (Å²) in [5.74, 6) is -0.530. The Balaban J connectivity index is 1.68. The second kappa shape index (κ2) is 11.7. The maximum Gasteiger partial charge on any atom is 0.272 e. The lowest BCUT2D eigenvalue weighted by atomic mass is 9.91. The highest BCUT2D eigenvalue weighted by Gasteiger charge is 2.39. The molecule has 2 heterocycles. The standard InChI is InChI=1S/C33H27ClN4O3/c1-4-41-30-16-15-24(18-29(30)34)31-25(20-37(36-31)26-13-9-6-10-14-26)17-27-21(2)28(19-35)33(40)38(32(27)39)22(3)23-11-7-5-8-12-23/h5-18,20,22H,4H2,1-3H3/b27-17+. The van der Waals surface area contributed by atoms with Gasteiger partial charge in [0.1, 0.15) is 23.1 Å². The minimum absolute atomic E-state index is 0.0697. The molecular weight excluding hydrogens is 536 g/mol. The largest absolute Gasteiger partial charge is 0.492 e. The molecule has 5 rings (SSSR count). The Hall–Kier alpha value is -4.93. The van der Waals surface area contributed by atoms with Crippen molar-refractivity contribution in [3.63, 3.8) is 0 Å². The molecule has 0 fully saturated rings. The Bertz CT molecular complexity index is 1730. The van der Waals surface area contributed by atoms with E-state index in [0.717, 1.165) is 21.7 Å². The Morgan fingerprint density at radius 2 is 1.71 bits per heavy atom. The number of nitriles is 1.